The van der Waals surface area contributed by atoms with E-state index in [-0.39, 0.29) is 0 Å². The molecule has 0 aromatic heterocycles. The quantitative estimate of drug-likeness (QED) is 0.767. The maximum atomic E-state index is 13.2. The monoisotopic (exact) mass is 297 g/mol. The fraction of sp³-hybridized carbons (Fsp3) is 0.429. The van der Waals surface area contributed by atoms with Crippen LogP contribution in [0.25, 0.3) is 0 Å². The van der Waals surface area contributed by atoms with Crippen molar-refractivity contribution in [3.05, 3.63) is 29.6 Å². The predicted octanol–water partition coefficient (Wildman–Crippen LogP) is 1.46. The van der Waals surface area contributed by atoms with Crippen molar-refractivity contribution in [1.82, 2.24) is 10.6 Å². The molecular weight excluding hydrogens is 277 g/mol. The third-order valence-corrected chi connectivity index (χ3v) is 2.71. The normalized spacial score (nSPS) is 13.2. The summed E-state index contributed by atoms with van der Waals surface area (Å²) in [5.74, 6) is -0.722. The fourth-order valence-electron chi connectivity index (χ4n) is 1.64. The Morgan fingerprint density at radius 3 is 2.62 bits per heavy atom. The van der Waals surface area contributed by atoms with Crippen molar-refractivity contribution in [3.8, 4) is 5.75 Å². The number of nitrogens with two attached hydrogens (primary N) is 1. The number of amides is 3. The third-order valence-electron chi connectivity index (χ3n) is 2.71. The molecule has 1 aromatic rings. The molecule has 0 fully saturated rings. The van der Waals surface area contributed by atoms with Crippen LogP contribution in [0.4, 0.5) is 9.18 Å². The number of nitrogens with one attached hydrogen (secondary N) is 2. The van der Waals surface area contributed by atoms with Gasteiger partial charge in [-0.25, -0.2) is 9.18 Å². The lowest BCUT2D eigenvalue weighted by atomic mass is 10.1. The summed E-state index contributed by atoms with van der Waals surface area (Å²) >= 11 is 0. The third kappa shape index (κ3) is 5.03. The number of hydrogen-bond donors (Lipinski definition) is 3. The first kappa shape index (κ1) is 16.9. The molecule has 3 amide bonds. The number of halogens is 1. The van der Waals surface area contributed by atoms with Gasteiger partial charge in [0.2, 0.25) is 0 Å². The van der Waals surface area contributed by atoms with E-state index in [4.69, 9.17) is 10.5 Å². The standard InChI is InChI=1S/C14H20FN3O3/c1-4-17-14(20)18-13(19)9(3)21-12-6-5-10(15)7-11(12)8(2)16/h5-9H,4,16H2,1-3H3,(H2,17,18,19,20). The molecule has 116 valence electrons. The van der Waals surface area contributed by atoms with Crippen molar-refractivity contribution in [3.63, 3.8) is 0 Å². The van der Waals surface area contributed by atoms with Crippen LogP contribution in [0, 0.1) is 5.82 Å². The highest BCUT2D eigenvalue weighted by molar-refractivity contribution is 5.96. The molecule has 4 N–H and O–H groups in total. The van der Waals surface area contributed by atoms with Gasteiger partial charge in [-0.05, 0) is 39.0 Å². The summed E-state index contributed by atoms with van der Waals surface area (Å²) < 4.78 is 18.7. The van der Waals surface area contributed by atoms with Gasteiger partial charge >= 0.3 is 6.03 Å². The molecule has 0 heterocycles. The highest BCUT2D eigenvalue weighted by Crippen LogP contribution is 2.25. The SMILES string of the molecule is CCNC(=O)NC(=O)C(C)Oc1ccc(F)cc1C(C)N. The molecule has 0 aliphatic rings. The Balaban J connectivity index is 2.76. The zero-order chi connectivity index (χ0) is 16.0. The Kier molecular flexibility index (Phi) is 6.10. The van der Waals surface area contributed by atoms with E-state index in [0.29, 0.717) is 17.9 Å². The Labute approximate surface area is 122 Å². The van der Waals surface area contributed by atoms with Crippen molar-refractivity contribution >= 4 is 11.9 Å². The van der Waals surface area contributed by atoms with E-state index < -0.39 is 29.9 Å². The molecule has 2 atom stereocenters. The number of imide groups is 1. The zero-order valence-electron chi connectivity index (χ0n) is 12.3. The van der Waals surface area contributed by atoms with Crippen molar-refractivity contribution in [2.45, 2.75) is 32.9 Å². The summed E-state index contributed by atoms with van der Waals surface area (Å²) in [5.41, 5.74) is 6.20. The van der Waals surface area contributed by atoms with Crippen molar-refractivity contribution in [2.75, 3.05) is 6.54 Å². The van der Waals surface area contributed by atoms with Crippen LogP contribution in [0.1, 0.15) is 32.4 Å². The van der Waals surface area contributed by atoms with Crippen LogP contribution >= 0.6 is 0 Å². The highest BCUT2D eigenvalue weighted by atomic mass is 19.1. The topological polar surface area (TPSA) is 93.5 Å². The number of ether oxygens (including phenoxy) is 1. The molecule has 0 saturated carbocycles. The van der Waals surface area contributed by atoms with Gasteiger partial charge in [0, 0.05) is 18.2 Å². The minimum absolute atomic E-state index is 0.310. The van der Waals surface area contributed by atoms with Crippen LogP contribution in [0.2, 0.25) is 0 Å². The van der Waals surface area contributed by atoms with Crippen LogP contribution in [0.5, 0.6) is 5.75 Å². The molecular formula is C14H20FN3O3. The molecule has 6 nitrogen and oxygen atoms in total. The van der Waals surface area contributed by atoms with Gasteiger partial charge in [0.25, 0.3) is 5.91 Å². The first-order valence-corrected chi connectivity index (χ1v) is 6.65. The van der Waals surface area contributed by atoms with Crippen LogP contribution in [-0.2, 0) is 4.79 Å². The Morgan fingerprint density at radius 1 is 1.38 bits per heavy atom. The van der Waals surface area contributed by atoms with E-state index >= 15 is 0 Å². The number of carbonyl (C=O) groups excluding carboxylic acids is 2. The summed E-state index contributed by atoms with van der Waals surface area (Å²) in [6, 6.07) is 2.84. The van der Waals surface area contributed by atoms with Crippen LogP contribution < -0.4 is 21.1 Å². The van der Waals surface area contributed by atoms with E-state index in [2.05, 4.69) is 10.6 Å². The maximum Gasteiger partial charge on any atom is 0.321 e. The van der Waals surface area contributed by atoms with Crippen molar-refractivity contribution in [2.24, 2.45) is 5.73 Å². The van der Waals surface area contributed by atoms with Crippen LogP contribution in [-0.4, -0.2) is 24.6 Å². The second-order valence-electron chi connectivity index (χ2n) is 4.58. The van der Waals surface area contributed by atoms with Crippen LogP contribution in [0.15, 0.2) is 18.2 Å². The average molecular weight is 297 g/mol. The summed E-state index contributed by atoms with van der Waals surface area (Å²) in [5, 5.41) is 4.58. The number of benzene rings is 1. The number of hydrogen-bond acceptors (Lipinski definition) is 4. The fourth-order valence-corrected chi connectivity index (χ4v) is 1.64. The average Bonchev–Trinajstić information content (AvgIpc) is 2.40. The largest absolute Gasteiger partial charge is 0.481 e. The van der Waals surface area contributed by atoms with Crippen molar-refractivity contribution in [1.29, 1.82) is 0 Å². The summed E-state index contributed by atoms with van der Waals surface area (Å²) in [6.45, 7) is 5.31. The second-order valence-corrected chi connectivity index (χ2v) is 4.58. The lowest BCUT2D eigenvalue weighted by Crippen LogP contribution is -2.45. The second kappa shape index (κ2) is 7.58. The molecule has 2 unspecified atom stereocenters. The molecule has 0 aliphatic carbocycles. The van der Waals surface area contributed by atoms with Gasteiger partial charge in [0.05, 0.1) is 0 Å². The summed E-state index contributed by atoms with van der Waals surface area (Å²) in [4.78, 5) is 23.0. The van der Waals surface area contributed by atoms with Gasteiger partial charge in [0.15, 0.2) is 6.10 Å². The van der Waals surface area contributed by atoms with E-state index in [9.17, 15) is 14.0 Å². The summed E-state index contributed by atoms with van der Waals surface area (Å²) in [7, 11) is 0. The van der Waals surface area contributed by atoms with Gasteiger partial charge < -0.3 is 15.8 Å². The first-order valence-electron chi connectivity index (χ1n) is 6.65. The van der Waals surface area contributed by atoms with Crippen LogP contribution in [0.3, 0.4) is 0 Å². The Morgan fingerprint density at radius 2 is 2.05 bits per heavy atom. The molecule has 0 aliphatic heterocycles. The Hall–Kier alpha value is -2.15. The molecule has 1 rings (SSSR count). The van der Waals surface area contributed by atoms with Crippen molar-refractivity contribution < 1.29 is 18.7 Å². The number of rotatable bonds is 5. The van der Waals surface area contributed by atoms with E-state index in [1.165, 1.54) is 25.1 Å². The maximum absolute atomic E-state index is 13.2. The van der Waals surface area contributed by atoms with E-state index in [1.807, 2.05) is 0 Å². The van der Waals surface area contributed by atoms with Gasteiger partial charge in [-0.3, -0.25) is 10.1 Å². The highest BCUT2D eigenvalue weighted by Gasteiger charge is 2.19. The summed E-state index contributed by atoms with van der Waals surface area (Å²) in [6.07, 6.45) is -0.921. The lowest BCUT2D eigenvalue weighted by Gasteiger charge is -2.18. The Bertz CT molecular complexity index is 520. The van der Waals surface area contributed by atoms with E-state index in [0.717, 1.165) is 0 Å². The van der Waals surface area contributed by atoms with Gasteiger partial charge in [-0.15, -0.1) is 0 Å². The lowest BCUT2D eigenvalue weighted by molar-refractivity contribution is -0.126. The minimum atomic E-state index is -0.921. The molecule has 21 heavy (non-hydrogen) atoms. The molecule has 0 bridgehead atoms. The van der Waals surface area contributed by atoms with Gasteiger partial charge in [0.1, 0.15) is 11.6 Å². The minimum Gasteiger partial charge on any atom is -0.481 e. The smallest absolute Gasteiger partial charge is 0.321 e. The number of carbonyl (C=O) groups is 2. The molecule has 7 heteroatoms. The zero-order valence-corrected chi connectivity index (χ0v) is 12.3. The number of urea groups is 1. The predicted molar refractivity (Wildman–Crippen MR) is 76.3 cm³/mol. The molecule has 0 spiro atoms. The molecule has 1 aromatic carbocycles. The molecule has 0 radical (unpaired) electrons. The van der Waals surface area contributed by atoms with Gasteiger partial charge in [-0.1, -0.05) is 0 Å². The van der Waals surface area contributed by atoms with Gasteiger partial charge in [-0.2, -0.15) is 0 Å². The first-order chi connectivity index (χ1) is 9.85. The van der Waals surface area contributed by atoms with E-state index in [1.54, 1.807) is 13.8 Å². The molecule has 0 saturated heterocycles.